The van der Waals surface area contributed by atoms with Crippen molar-refractivity contribution in [1.29, 1.82) is 0 Å². The van der Waals surface area contributed by atoms with E-state index < -0.39 is 0 Å². The van der Waals surface area contributed by atoms with E-state index in [1.54, 1.807) is 17.4 Å². The monoisotopic (exact) mass is 270 g/mol. The van der Waals surface area contributed by atoms with Gasteiger partial charge in [0, 0.05) is 21.7 Å². The smallest absolute Gasteiger partial charge is 0.185 e. The summed E-state index contributed by atoms with van der Waals surface area (Å²) >= 11 is 1.69. The van der Waals surface area contributed by atoms with Crippen LogP contribution in [-0.4, -0.2) is 12.4 Å². The van der Waals surface area contributed by atoms with Crippen molar-refractivity contribution < 1.29 is 9.53 Å². The molecule has 1 aromatic carbocycles. The Bertz CT molecular complexity index is 653. The predicted molar refractivity (Wildman–Crippen MR) is 78.1 cm³/mol. The lowest BCUT2D eigenvalue weighted by atomic mass is 10.1. The third-order valence-corrected chi connectivity index (χ3v) is 4.10. The first-order chi connectivity index (χ1) is 9.22. The van der Waals surface area contributed by atoms with Gasteiger partial charge in [0.2, 0.25) is 0 Å². The average molecular weight is 270 g/mol. The molecule has 0 amide bonds. The standard InChI is InChI=1S/C16H14O2S/c1-11-2-4-14(19-11)5-6-15(17)12-3-7-16-13(10-12)8-9-18-16/h2-7,10H,8-9H2,1H3/b6-5+. The maximum atomic E-state index is 12.1. The number of carbonyl (C=O) groups is 1. The lowest BCUT2D eigenvalue weighted by Gasteiger charge is -2.00. The Hall–Kier alpha value is -1.87. The van der Waals surface area contributed by atoms with Crippen LogP contribution in [0.3, 0.4) is 0 Å². The van der Waals surface area contributed by atoms with Crippen LogP contribution in [0.1, 0.15) is 25.7 Å². The van der Waals surface area contributed by atoms with E-state index in [9.17, 15) is 4.79 Å². The quantitative estimate of drug-likeness (QED) is 0.625. The van der Waals surface area contributed by atoms with Gasteiger partial charge in [0.15, 0.2) is 5.78 Å². The molecule has 3 rings (SSSR count). The molecule has 96 valence electrons. The molecule has 2 aromatic rings. The first kappa shape index (κ1) is 12.2. The summed E-state index contributed by atoms with van der Waals surface area (Å²) in [5, 5.41) is 0. The fraction of sp³-hybridized carbons (Fsp3) is 0.188. The second-order valence-electron chi connectivity index (χ2n) is 4.57. The first-order valence-corrected chi connectivity index (χ1v) is 7.08. The zero-order chi connectivity index (χ0) is 13.2. The maximum absolute atomic E-state index is 12.1. The topological polar surface area (TPSA) is 26.3 Å². The molecule has 3 heteroatoms. The van der Waals surface area contributed by atoms with E-state index in [4.69, 9.17) is 4.74 Å². The van der Waals surface area contributed by atoms with E-state index in [1.807, 2.05) is 30.3 Å². The second-order valence-corrected chi connectivity index (χ2v) is 5.89. The molecule has 2 heterocycles. The third-order valence-electron chi connectivity index (χ3n) is 3.13. The number of aryl methyl sites for hydroxylation is 1. The minimum atomic E-state index is 0.0424. The minimum absolute atomic E-state index is 0.0424. The summed E-state index contributed by atoms with van der Waals surface area (Å²) in [6, 6.07) is 9.74. The molecule has 0 fully saturated rings. The number of carbonyl (C=O) groups excluding carboxylic acids is 1. The zero-order valence-electron chi connectivity index (χ0n) is 10.7. The number of ether oxygens (including phenoxy) is 1. The number of hydrogen-bond acceptors (Lipinski definition) is 3. The van der Waals surface area contributed by atoms with Crippen LogP contribution in [0.15, 0.2) is 36.4 Å². The van der Waals surface area contributed by atoms with E-state index >= 15 is 0 Å². The lowest BCUT2D eigenvalue weighted by Crippen LogP contribution is -1.94. The van der Waals surface area contributed by atoms with Crippen LogP contribution in [0.25, 0.3) is 6.08 Å². The van der Waals surface area contributed by atoms with Gasteiger partial charge in [-0.2, -0.15) is 0 Å². The molecule has 1 aliphatic heterocycles. The summed E-state index contributed by atoms with van der Waals surface area (Å²) < 4.78 is 5.44. The van der Waals surface area contributed by atoms with Gasteiger partial charge in [-0.3, -0.25) is 4.79 Å². The van der Waals surface area contributed by atoms with Crippen molar-refractivity contribution in [2.45, 2.75) is 13.3 Å². The molecule has 0 saturated heterocycles. The Morgan fingerprint density at radius 1 is 1.32 bits per heavy atom. The highest BCUT2D eigenvalue weighted by Crippen LogP contribution is 2.26. The largest absolute Gasteiger partial charge is 0.493 e. The minimum Gasteiger partial charge on any atom is -0.493 e. The highest BCUT2D eigenvalue weighted by atomic mass is 32.1. The molecular formula is C16H14O2S. The Balaban J connectivity index is 1.79. The van der Waals surface area contributed by atoms with Gasteiger partial charge in [-0.1, -0.05) is 0 Å². The van der Waals surface area contributed by atoms with Crippen LogP contribution < -0.4 is 4.74 Å². The molecule has 1 aromatic heterocycles. The Labute approximate surface area is 116 Å². The van der Waals surface area contributed by atoms with Crippen molar-refractivity contribution in [2.75, 3.05) is 6.61 Å². The highest BCUT2D eigenvalue weighted by molar-refractivity contribution is 7.12. The number of rotatable bonds is 3. The number of fused-ring (bicyclic) bond motifs is 1. The van der Waals surface area contributed by atoms with E-state index in [1.165, 1.54) is 4.88 Å². The summed E-state index contributed by atoms with van der Waals surface area (Å²) in [5.41, 5.74) is 1.86. The Morgan fingerprint density at radius 2 is 2.21 bits per heavy atom. The molecule has 0 atom stereocenters. The van der Waals surface area contributed by atoms with Crippen molar-refractivity contribution in [3.63, 3.8) is 0 Å². The van der Waals surface area contributed by atoms with Gasteiger partial charge in [-0.05, 0) is 55.0 Å². The summed E-state index contributed by atoms with van der Waals surface area (Å²) in [6.45, 7) is 2.78. The van der Waals surface area contributed by atoms with Gasteiger partial charge in [-0.15, -0.1) is 11.3 Å². The summed E-state index contributed by atoms with van der Waals surface area (Å²) in [7, 11) is 0. The molecule has 0 spiro atoms. The van der Waals surface area contributed by atoms with Crippen molar-refractivity contribution in [2.24, 2.45) is 0 Å². The predicted octanol–water partition coefficient (Wildman–Crippen LogP) is 3.89. The molecule has 0 N–H and O–H groups in total. The second kappa shape index (κ2) is 5.02. The van der Waals surface area contributed by atoms with Gasteiger partial charge in [0.25, 0.3) is 0 Å². The molecule has 1 aliphatic rings. The normalized spacial score (nSPS) is 13.5. The molecule has 0 unspecified atom stereocenters. The van der Waals surface area contributed by atoms with Crippen LogP contribution in [0.5, 0.6) is 5.75 Å². The van der Waals surface area contributed by atoms with Gasteiger partial charge in [0.05, 0.1) is 6.61 Å². The Morgan fingerprint density at radius 3 is 3.00 bits per heavy atom. The highest BCUT2D eigenvalue weighted by Gasteiger charge is 2.13. The van der Waals surface area contributed by atoms with Crippen molar-refractivity contribution in [3.8, 4) is 5.75 Å². The Kier molecular flexibility index (Phi) is 3.22. The average Bonchev–Trinajstić information content (AvgIpc) is 3.03. The fourth-order valence-electron chi connectivity index (χ4n) is 2.14. The molecule has 19 heavy (non-hydrogen) atoms. The molecule has 2 nitrogen and oxygen atoms in total. The molecule has 0 radical (unpaired) electrons. The van der Waals surface area contributed by atoms with E-state index in [-0.39, 0.29) is 5.78 Å². The van der Waals surface area contributed by atoms with Gasteiger partial charge in [0.1, 0.15) is 5.75 Å². The third kappa shape index (κ3) is 2.61. The molecule has 0 bridgehead atoms. The van der Waals surface area contributed by atoms with Crippen molar-refractivity contribution in [1.82, 2.24) is 0 Å². The fourth-order valence-corrected chi connectivity index (χ4v) is 2.92. The summed E-state index contributed by atoms with van der Waals surface area (Å²) in [4.78, 5) is 14.5. The SMILES string of the molecule is Cc1ccc(/C=C/C(=O)c2ccc3c(c2)CCO3)s1. The van der Waals surface area contributed by atoms with Crippen LogP contribution in [-0.2, 0) is 6.42 Å². The summed E-state index contributed by atoms with van der Waals surface area (Å²) in [5.74, 6) is 0.954. The van der Waals surface area contributed by atoms with Gasteiger partial charge in [-0.25, -0.2) is 0 Å². The lowest BCUT2D eigenvalue weighted by molar-refractivity contribution is 0.104. The number of benzene rings is 1. The number of allylic oxidation sites excluding steroid dienone is 1. The van der Waals surface area contributed by atoms with Gasteiger partial charge >= 0.3 is 0 Å². The van der Waals surface area contributed by atoms with E-state index in [2.05, 4.69) is 13.0 Å². The number of thiophene rings is 1. The summed E-state index contributed by atoms with van der Waals surface area (Å²) in [6.07, 6.45) is 4.41. The van der Waals surface area contributed by atoms with Crippen LogP contribution in [0.2, 0.25) is 0 Å². The molecule has 0 saturated carbocycles. The molecular weight excluding hydrogens is 256 g/mol. The van der Waals surface area contributed by atoms with Crippen molar-refractivity contribution >= 4 is 23.2 Å². The maximum Gasteiger partial charge on any atom is 0.185 e. The van der Waals surface area contributed by atoms with Crippen LogP contribution in [0.4, 0.5) is 0 Å². The van der Waals surface area contributed by atoms with E-state index in [0.717, 1.165) is 34.8 Å². The first-order valence-electron chi connectivity index (χ1n) is 6.27. The number of ketones is 1. The van der Waals surface area contributed by atoms with Crippen molar-refractivity contribution in [3.05, 3.63) is 57.3 Å². The van der Waals surface area contributed by atoms with Gasteiger partial charge < -0.3 is 4.74 Å². The number of hydrogen-bond donors (Lipinski definition) is 0. The zero-order valence-corrected chi connectivity index (χ0v) is 11.5. The molecule has 0 aliphatic carbocycles. The van der Waals surface area contributed by atoms with Crippen LogP contribution in [0, 0.1) is 6.92 Å². The van der Waals surface area contributed by atoms with Crippen LogP contribution >= 0.6 is 11.3 Å². The van der Waals surface area contributed by atoms with E-state index in [0.29, 0.717) is 0 Å².